The Morgan fingerprint density at radius 1 is 1.33 bits per heavy atom. The second-order valence-corrected chi connectivity index (χ2v) is 6.37. The van der Waals surface area contributed by atoms with Crippen molar-refractivity contribution in [3.63, 3.8) is 0 Å². The minimum Gasteiger partial charge on any atom is -0.227 e. The number of rotatable bonds is 6. The Kier molecular flexibility index (Phi) is 5.95. The van der Waals surface area contributed by atoms with Gasteiger partial charge in [-0.15, -0.1) is 11.6 Å². The molecular formula is C8H14ClF3O2S. The van der Waals surface area contributed by atoms with Crippen LogP contribution in [0.3, 0.4) is 0 Å². The molecule has 0 aliphatic rings. The van der Waals surface area contributed by atoms with Gasteiger partial charge in [0, 0.05) is 0 Å². The van der Waals surface area contributed by atoms with Crippen LogP contribution in [-0.4, -0.2) is 25.1 Å². The van der Waals surface area contributed by atoms with E-state index in [-0.39, 0.29) is 6.42 Å². The first kappa shape index (κ1) is 15.0. The fourth-order valence-electron chi connectivity index (χ4n) is 0.930. The zero-order valence-electron chi connectivity index (χ0n) is 8.35. The van der Waals surface area contributed by atoms with Crippen LogP contribution in [0.5, 0.6) is 0 Å². The quantitative estimate of drug-likeness (QED) is 0.692. The molecule has 7 heteroatoms. The predicted octanol–water partition coefficient (Wildman–Crippen LogP) is 3.11. The monoisotopic (exact) mass is 266 g/mol. The first-order valence-corrected chi connectivity index (χ1v) is 6.76. The Bertz CT molecular complexity index is 274. The summed E-state index contributed by atoms with van der Waals surface area (Å²) in [5.74, 6) is -0.922. The third-order valence-electron chi connectivity index (χ3n) is 1.84. The number of sulfone groups is 1. The molecule has 0 aromatic carbocycles. The van der Waals surface area contributed by atoms with Gasteiger partial charge in [0.25, 0.3) is 0 Å². The zero-order valence-corrected chi connectivity index (χ0v) is 9.92. The molecule has 0 fully saturated rings. The molecule has 0 saturated carbocycles. The maximum absolute atomic E-state index is 11.8. The van der Waals surface area contributed by atoms with Crippen LogP contribution >= 0.6 is 11.6 Å². The van der Waals surface area contributed by atoms with Crippen molar-refractivity contribution in [3.05, 3.63) is 0 Å². The van der Waals surface area contributed by atoms with Crippen LogP contribution in [0.2, 0.25) is 0 Å². The molecule has 0 aliphatic heterocycles. The number of halogens is 4. The van der Waals surface area contributed by atoms with E-state index in [9.17, 15) is 21.6 Å². The fraction of sp³-hybridized carbons (Fsp3) is 1.00. The lowest BCUT2D eigenvalue weighted by Gasteiger charge is -2.11. The van der Waals surface area contributed by atoms with Crippen molar-refractivity contribution >= 4 is 21.4 Å². The molecule has 0 bridgehead atoms. The van der Waals surface area contributed by atoms with Crippen molar-refractivity contribution in [2.45, 2.75) is 43.5 Å². The summed E-state index contributed by atoms with van der Waals surface area (Å²) in [7, 11) is -3.82. The molecule has 0 heterocycles. The van der Waals surface area contributed by atoms with Gasteiger partial charge in [-0.3, -0.25) is 0 Å². The van der Waals surface area contributed by atoms with Crippen molar-refractivity contribution in [1.29, 1.82) is 0 Å². The van der Waals surface area contributed by atoms with Gasteiger partial charge < -0.3 is 0 Å². The molecule has 0 N–H and O–H groups in total. The second-order valence-electron chi connectivity index (χ2n) is 3.28. The summed E-state index contributed by atoms with van der Waals surface area (Å²) >= 11 is 5.52. The van der Waals surface area contributed by atoms with Crippen LogP contribution < -0.4 is 0 Å². The van der Waals surface area contributed by atoms with Gasteiger partial charge in [-0.1, -0.05) is 19.8 Å². The zero-order chi connectivity index (χ0) is 12.1. The molecular weight excluding hydrogens is 253 g/mol. The van der Waals surface area contributed by atoms with Gasteiger partial charge in [-0.25, -0.2) is 8.42 Å². The largest absolute Gasteiger partial charge is 0.390 e. The lowest BCUT2D eigenvalue weighted by atomic mass is 10.3. The lowest BCUT2D eigenvalue weighted by Crippen LogP contribution is -2.23. The molecule has 0 aromatic heterocycles. The highest BCUT2D eigenvalue weighted by Crippen LogP contribution is 2.23. The third kappa shape index (κ3) is 7.00. The SMILES string of the molecule is CCCCC(Cl)S(=O)(=O)CCC(F)(F)F. The van der Waals surface area contributed by atoms with Gasteiger partial charge >= 0.3 is 6.18 Å². The third-order valence-corrected chi connectivity index (χ3v) is 4.67. The van der Waals surface area contributed by atoms with Crippen LogP contribution in [0.25, 0.3) is 0 Å². The van der Waals surface area contributed by atoms with Crippen molar-refractivity contribution in [3.8, 4) is 0 Å². The fourth-order valence-corrected chi connectivity index (χ4v) is 2.65. The molecule has 1 unspecified atom stereocenters. The van der Waals surface area contributed by atoms with Crippen LogP contribution in [0, 0.1) is 0 Å². The van der Waals surface area contributed by atoms with E-state index in [1.165, 1.54) is 0 Å². The molecule has 0 spiro atoms. The molecule has 0 saturated heterocycles. The summed E-state index contributed by atoms with van der Waals surface area (Å²) in [6.07, 6.45) is -4.21. The number of unbranched alkanes of at least 4 members (excludes halogenated alkanes) is 1. The Morgan fingerprint density at radius 3 is 2.27 bits per heavy atom. The minimum absolute atomic E-state index is 0.207. The van der Waals surface area contributed by atoms with Crippen molar-refractivity contribution in [1.82, 2.24) is 0 Å². The van der Waals surface area contributed by atoms with Gasteiger partial charge in [0.2, 0.25) is 0 Å². The van der Waals surface area contributed by atoms with E-state index in [0.717, 1.165) is 6.42 Å². The standard InChI is InChI=1S/C8H14ClF3O2S/c1-2-3-4-7(9)15(13,14)6-5-8(10,11)12/h7H,2-6H2,1H3. The van der Waals surface area contributed by atoms with E-state index in [2.05, 4.69) is 0 Å². The second kappa shape index (κ2) is 5.94. The van der Waals surface area contributed by atoms with Crippen LogP contribution in [-0.2, 0) is 9.84 Å². The van der Waals surface area contributed by atoms with Crippen LogP contribution in [0.15, 0.2) is 0 Å². The number of hydrogen-bond acceptors (Lipinski definition) is 2. The predicted molar refractivity (Wildman–Crippen MR) is 53.6 cm³/mol. The molecule has 0 aromatic rings. The minimum atomic E-state index is -4.45. The summed E-state index contributed by atoms with van der Waals surface area (Å²) in [4.78, 5) is 0. The highest BCUT2D eigenvalue weighted by Gasteiger charge is 2.32. The molecule has 0 radical (unpaired) electrons. The van der Waals surface area contributed by atoms with Gasteiger partial charge in [-0.2, -0.15) is 13.2 Å². The van der Waals surface area contributed by atoms with E-state index in [1.807, 2.05) is 6.92 Å². The van der Waals surface area contributed by atoms with Gasteiger partial charge in [0.15, 0.2) is 9.84 Å². The van der Waals surface area contributed by atoms with Crippen LogP contribution in [0.1, 0.15) is 32.6 Å². The average molecular weight is 267 g/mol. The summed E-state index contributed by atoms with van der Waals surface area (Å²) in [5.41, 5.74) is 0. The number of hydrogen-bond donors (Lipinski definition) is 0. The molecule has 15 heavy (non-hydrogen) atoms. The highest BCUT2D eigenvalue weighted by atomic mass is 35.5. The molecule has 2 nitrogen and oxygen atoms in total. The highest BCUT2D eigenvalue weighted by molar-refractivity contribution is 7.93. The Hall–Kier alpha value is 0.0300. The molecule has 0 aliphatic carbocycles. The molecule has 92 valence electrons. The normalized spacial score (nSPS) is 15.3. The summed E-state index contributed by atoms with van der Waals surface area (Å²) in [5, 5.41) is 0. The summed E-state index contributed by atoms with van der Waals surface area (Å²) in [6, 6.07) is 0. The average Bonchev–Trinajstić information content (AvgIpc) is 2.10. The Labute approximate surface area is 92.7 Å². The summed E-state index contributed by atoms with van der Waals surface area (Å²) in [6.45, 7) is 1.85. The first-order valence-electron chi connectivity index (χ1n) is 4.61. The maximum Gasteiger partial charge on any atom is 0.390 e. The van der Waals surface area contributed by atoms with Gasteiger partial charge in [0.1, 0.15) is 4.71 Å². The topological polar surface area (TPSA) is 34.1 Å². The Morgan fingerprint density at radius 2 is 1.87 bits per heavy atom. The van der Waals surface area contributed by atoms with E-state index < -0.39 is 32.9 Å². The Balaban J connectivity index is 4.18. The van der Waals surface area contributed by atoms with Crippen molar-refractivity contribution in [2.75, 3.05) is 5.75 Å². The van der Waals surface area contributed by atoms with E-state index in [4.69, 9.17) is 11.6 Å². The van der Waals surface area contributed by atoms with Crippen molar-refractivity contribution in [2.24, 2.45) is 0 Å². The van der Waals surface area contributed by atoms with E-state index >= 15 is 0 Å². The van der Waals surface area contributed by atoms with Crippen molar-refractivity contribution < 1.29 is 21.6 Å². The van der Waals surface area contributed by atoms with E-state index in [1.54, 1.807) is 0 Å². The molecule has 1 atom stereocenters. The van der Waals surface area contributed by atoms with Gasteiger partial charge in [0.05, 0.1) is 12.2 Å². The lowest BCUT2D eigenvalue weighted by molar-refractivity contribution is -0.129. The maximum atomic E-state index is 11.8. The molecule has 0 amide bonds. The summed E-state index contributed by atoms with van der Waals surface area (Å²) < 4.78 is 56.7. The molecule has 0 rings (SSSR count). The van der Waals surface area contributed by atoms with E-state index in [0.29, 0.717) is 6.42 Å². The van der Waals surface area contributed by atoms with Gasteiger partial charge in [-0.05, 0) is 6.42 Å². The number of alkyl halides is 4. The van der Waals surface area contributed by atoms with Crippen LogP contribution in [0.4, 0.5) is 13.2 Å². The first-order chi connectivity index (χ1) is 6.69. The smallest absolute Gasteiger partial charge is 0.227 e.